The number of hydrogen-bond acceptors (Lipinski definition) is 4. The van der Waals surface area contributed by atoms with Crippen LogP contribution in [0.3, 0.4) is 0 Å². The molecule has 0 spiro atoms. The van der Waals surface area contributed by atoms with Gasteiger partial charge in [-0.1, -0.05) is 48.5 Å². The van der Waals surface area contributed by atoms with E-state index in [2.05, 4.69) is 42.5 Å². The van der Waals surface area contributed by atoms with Crippen molar-refractivity contribution >= 4 is 10.8 Å². The average molecular weight is 364 g/mol. The van der Waals surface area contributed by atoms with Gasteiger partial charge in [-0.3, -0.25) is 0 Å². The van der Waals surface area contributed by atoms with Crippen molar-refractivity contribution in [1.82, 2.24) is 0 Å². The Labute approximate surface area is 159 Å². The molecule has 1 saturated heterocycles. The predicted octanol–water partition coefficient (Wildman–Crippen LogP) is 4.35. The van der Waals surface area contributed by atoms with E-state index < -0.39 is 0 Å². The molecule has 0 aromatic heterocycles. The van der Waals surface area contributed by atoms with Crippen LogP contribution in [0.15, 0.2) is 66.7 Å². The second-order valence-corrected chi connectivity index (χ2v) is 6.77. The highest BCUT2D eigenvalue weighted by molar-refractivity contribution is 5.82. The molecule has 1 aliphatic rings. The van der Waals surface area contributed by atoms with Crippen LogP contribution in [0.2, 0.25) is 0 Å². The highest BCUT2D eigenvalue weighted by atomic mass is 16.6. The molecular formula is C23H24O4. The molecule has 3 aromatic carbocycles. The quantitative estimate of drug-likeness (QED) is 0.529. The maximum absolute atomic E-state index is 6.11. The number of rotatable bonds is 9. The summed E-state index contributed by atoms with van der Waals surface area (Å²) in [5.74, 6) is 0.849. The summed E-state index contributed by atoms with van der Waals surface area (Å²) in [5, 5.41) is 2.47. The lowest BCUT2D eigenvalue weighted by Gasteiger charge is -2.16. The van der Waals surface area contributed by atoms with E-state index in [0.29, 0.717) is 19.8 Å². The van der Waals surface area contributed by atoms with Gasteiger partial charge < -0.3 is 18.9 Å². The summed E-state index contributed by atoms with van der Waals surface area (Å²) in [5.41, 5.74) is 2.27. The summed E-state index contributed by atoms with van der Waals surface area (Å²) in [7, 11) is 1.67. The number of benzene rings is 3. The first-order chi connectivity index (χ1) is 13.3. The van der Waals surface area contributed by atoms with Crippen LogP contribution in [0.5, 0.6) is 5.75 Å². The van der Waals surface area contributed by atoms with E-state index in [-0.39, 0.29) is 12.2 Å². The summed E-state index contributed by atoms with van der Waals surface area (Å²) in [6.07, 6.45) is 0.0936. The molecule has 1 fully saturated rings. The van der Waals surface area contributed by atoms with Crippen molar-refractivity contribution in [3.05, 3.63) is 77.9 Å². The summed E-state index contributed by atoms with van der Waals surface area (Å²) in [6.45, 7) is 2.37. The lowest BCUT2D eigenvalue weighted by Crippen LogP contribution is -2.25. The molecule has 2 atom stereocenters. The fourth-order valence-corrected chi connectivity index (χ4v) is 3.08. The first-order valence-electron chi connectivity index (χ1n) is 9.23. The zero-order valence-corrected chi connectivity index (χ0v) is 15.5. The third-order valence-electron chi connectivity index (χ3n) is 4.76. The van der Waals surface area contributed by atoms with E-state index in [9.17, 15) is 0 Å². The van der Waals surface area contributed by atoms with Crippen molar-refractivity contribution < 1.29 is 18.9 Å². The van der Waals surface area contributed by atoms with Crippen molar-refractivity contribution in [2.24, 2.45) is 0 Å². The Hall–Kier alpha value is -2.40. The van der Waals surface area contributed by atoms with Gasteiger partial charge >= 0.3 is 0 Å². The number of epoxide rings is 1. The van der Waals surface area contributed by atoms with E-state index in [0.717, 1.165) is 23.5 Å². The zero-order valence-electron chi connectivity index (χ0n) is 15.5. The maximum Gasteiger partial charge on any atom is 0.118 e. The van der Waals surface area contributed by atoms with Gasteiger partial charge in [-0.05, 0) is 40.1 Å². The van der Waals surface area contributed by atoms with Crippen LogP contribution in [-0.2, 0) is 27.4 Å². The molecular weight excluding hydrogens is 340 g/mol. The first-order valence-corrected chi connectivity index (χ1v) is 9.23. The van der Waals surface area contributed by atoms with Gasteiger partial charge in [0.25, 0.3) is 0 Å². The van der Waals surface area contributed by atoms with E-state index in [1.807, 2.05) is 24.3 Å². The second-order valence-electron chi connectivity index (χ2n) is 6.77. The lowest BCUT2D eigenvalue weighted by atomic mass is 10.1. The van der Waals surface area contributed by atoms with Gasteiger partial charge in [-0.2, -0.15) is 0 Å². The largest absolute Gasteiger partial charge is 0.497 e. The number of hydrogen-bond donors (Lipinski definition) is 0. The molecule has 0 unspecified atom stereocenters. The molecule has 1 heterocycles. The minimum Gasteiger partial charge on any atom is -0.497 e. The Morgan fingerprint density at radius 1 is 0.926 bits per heavy atom. The van der Waals surface area contributed by atoms with Gasteiger partial charge in [0.05, 0.1) is 33.5 Å². The Bertz CT molecular complexity index is 871. The molecule has 0 radical (unpaired) electrons. The number of ether oxygens (including phenoxy) is 4. The van der Waals surface area contributed by atoms with Gasteiger partial charge in [0.1, 0.15) is 18.0 Å². The van der Waals surface area contributed by atoms with Crippen LogP contribution in [0.4, 0.5) is 0 Å². The number of fused-ring (bicyclic) bond motifs is 1. The van der Waals surface area contributed by atoms with Gasteiger partial charge in [0.15, 0.2) is 0 Å². The molecule has 3 aromatic rings. The standard InChI is InChI=1S/C23H24O4/c1-24-21-10-7-17(8-11-21)13-25-15-22(23-16-27-23)26-14-18-6-9-19-4-2-3-5-20(19)12-18/h2-12,22-23H,13-16H2,1H3/t22-,23+/m0/s1. The molecule has 27 heavy (non-hydrogen) atoms. The van der Waals surface area contributed by atoms with Crippen molar-refractivity contribution in [2.75, 3.05) is 20.3 Å². The Kier molecular flexibility index (Phi) is 5.68. The van der Waals surface area contributed by atoms with Crippen molar-refractivity contribution in [3.8, 4) is 5.75 Å². The Morgan fingerprint density at radius 2 is 1.67 bits per heavy atom. The monoisotopic (exact) mass is 364 g/mol. The van der Waals surface area contributed by atoms with Gasteiger partial charge in [-0.15, -0.1) is 0 Å². The molecule has 0 bridgehead atoms. The van der Waals surface area contributed by atoms with E-state index in [4.69, 9.17) is 18.9 Å². The molecule has 0 N–H and O–H groups in total. The predicted molar refractivity (Wildman–Crippen MR) is 105 cm³/mol. The number of methoxy groups -OCH3 is 1. The van der Waals surface area contributed by atoms with Gasteiger partial charge in [0, 0.05) is 0 Å². The first kappa shape index (κ1) is 18.0. The highest BCUT2D eigenvalue weighted by Gasteiger charge is 2.33. The van der Waals surface area contributed by atoms with Crippen molar-refractivity contribution in [1.29, 1.82) is 0 Å². The highest BCUT2D eigenvalue weighted by Crippen LogP contribution is 2.21. The van der Waals surface area contributed by atoms with Gasteiger partial charge in [-0.25, -0.2) is 0 Å². The molecule has 4 nitrogen and oxygen atoms in total. The second kappa shape index (κ2) is 8.53. The molecule has 0 amide bonds. The van der Waals surface area contributed by atoms with E-state index >= 15 is 0 Å². The maximum atomic E-state index is 6.11. The molecule has 0 saturated carbocycles. The minimum absolute atomic E-state index is 0.0466. The van der Waals surface area contributed by atoms with E-state index in [1.54, 1.807) is 7.11 Å². The van der Waals surface area contributed by atoms with Crippen LogP contribution >= 0.6 is 0 Å². The van der Waals surface area contributed by atoms with Crippen LogP contribution in [0.1, 0.15) is 11.1 Å². The topological polar surface area (TPSA) is 40.2 Å². The molecule has 4 rings (SSSR count). The van der Waals surface area contributed by atoms with Gasteiger partial charge in [0.2, 0.25) is 0 Å². The molecule has 4 heteroatoms. The van der Waals surface area contributed by atoms with Crippen LogP contribution in [-0.4, -0.2) is 32.5 Å². The van der Waals surface area contributed by atoms with E-state index in [1.165, 1.54) is 10.8 Å². The van der Waals surface area contributed by atoms with Crippen molar-refractivity contribution in [2.45, 2.75) is 25.4 Å². The molecule has 0 aliphatic carbocycles. The van der Waals surface area contributed by atoms with Crippen LogP contribution in [0.25, 0.3) is 10.8 Å². The van der Waals surface area contributed by atoms with Crippen molar-refractivity contribution in [3.63, 3.8) is 0 Å². The third-order valence-corrected chi connectivity index (χ3v) is 4.76. The average Bonchev–Trinajstić information content (AvgIpc) is 3.56. The minimum atomic E-state index is -0.0466. The van der Waals surface area contributed by atoms with Crippen LogP contribution in [0, 0.1) is 0 Å². The fourth-order valence-electron chi connectivity index (χ4n) is 3.08. The fraction of sp³-hybridized carbons (Fsp3) is 0.304. The smallest absolute Gasteiger partial charge is 0.118 e. The van der Waals surface area contributed by atoms with Crippen LogP contribution < -0.4 is 4.74 Å². The lowest BCUT2D eigenvalue weighted by molar-refractivity contribution is -0.0417. The summed E-state index contributed by atoms with van der Waals surface area (Å²) in [6, 6.07) is 22.7. The zero-order chi connectivity index (χ0) is 18.5. The summed E-state index contributed by atoms with van der Waals surface area (Å²) >= 11 is 0. The molecule has 1 aliphatic heterocycles. The SMILES string of the molecule is COc1ccc(COC[C@H](OCc2ccc3ccccc3c2)[C@H]2CO2)cc1. The molecule has 140 valence electrons. The summed E-state index contributed by atoms with van der Waals surface area (Å²) < 4.78 is 22.6. The Balaban J connectivity index is 1.29. The Morgan fingerprint density at radius 3 is 2.41 bits per heavy atom. The third kappa shape index (κ3) is 4.86. The summed E-state index contributed by atoms with van der Waals surface area (Å²) in [4.78, 5) is 0. The normalized spacial score (nSPS) is 17.0.